The van der Waals surface area contributed by atoms with Crippen molar-refractivity contribution in [3.63, 3.8) is 0 Å². The summed E-state index contributed by atoms with van der Waals surface area (Å²) in [7, 11) is 0. The Balaban J connectivity index is 2.58. The van der Waals surface area contributed by atoms with E-state index in [1.165, 1.54) is 0 Å². The third-order valence-corrected chi connectivity index (χ3v) is 1.85. The molecule has 0 spiro atoms. The van der Waals surface area contributed by atoms with Gasteiger partial charge in [0.25, 0.3) is 0 Å². The van der Waals surface area contributed by atoms with Crippen LogP contribution >= 0.6 is 0 Å². The fourth-order valence-corrected chi connectivity index (χ4v) is 1.15. The van der Waals surface area contributed by atoms with Gasteiger partial charge in [0.2, 0.25) is 11.8 Å². The smallest absolute Gasteiger partial charge is 0.249 e. The van der Waals surface area contributed by atoms with E-state index < -0.39 is 11.6 Å². The molecule has 2 N–H and O–H groups in total. The number of hydrogen-bond acceptors (Lipinski definition) is 4. The zero-order chi connectivity index (χ0) is 11.0. The molecule has 4 nitrogen and oxygen atoms in total. The van der Waals surface area contributed by atoms with E-state index in [2.05, 4.69) is 10.2 Å². The fourth-order valence-electron chi connectivity index (χ4n) is 1.15. The number of halogens is 2. The molecule has 0 aliphatic carbocycles. The molecule has 78 valence electrons. The summed E-state index contributed by atoms with van der Waals surface area (Å²) in [5, 5.41) is 7.23. The molecule has 2 rings (SSSR count). The summed E-state index contributed by atoms with van der Waals surface area (Å²) in [6, 6.07) is 1.81. The van der Waals surface area contributed by atoms with Crippen LogP contribution in [0.1, 0.15) is 5.89 Å². The molecule has 0 bridgehead atoms. The van der Waals surface area contributed by atoms with Crippen molar-refractivity contribution in [3.8, 4) is 11.5 Å². The quantitative estimate of drug-likeness (QED) is 0.731. The van der Waals surface area contributed by atoms with Crippen molar-refractivity contribution in [2.45, 2.75) is 6.92 Å². The van der Waals surface area contributed by atoms with E-state index in [-0.39, 0.29) is 17.1 Å². The van der Waals surface area contributed by atoms with E-state index >= 15 is 0 Å². The van der Waals surface area contributed by atoms with Crippen molar-refractivity contribution in [2.75, 3.05) is 5.73 Å². The Bertz CT molecular complexity index is 510. The lowest BCUT2D eigenvalue weighted by Gasteiger charge is -2.01. The number of nitrogens with two attached hydrogens (primary N) is 1. The Labute approximate surface area is 83.7 Å². The van der Waals surface area contributed by atoms with Crippen molar-refractivity contribution in [3.05, 3.63) is 29.7 Å². The summed E-state index contributed by atoms with van der Waals surface area (Å²) < 4.78 is 30.7. The first-order valence-corrected chi connectivity index (χ1v) is 4.13. The topological polar surface area (TPSA) is 64.9 Å². The number of aryl methyl sites for hydroxylation is 1. The summed E-state index contributed by atoms with van der Waals surface area (Å²) in [6.45, 7) is 1.59. The van der Waals surface area contributed by atoms with E-state index in [1.54, 1.807) is 6.92 Å². The van der Waals surface area contributed by atoms with Gasteiger partial charge < -0.3 is 10.2 Å². The number of nitrogen functional groups attached to an aromatic ring is 1. The number of benzene rings is 1. The van der Waals surface area contributed by atoms with Crippen LogP contribution in [0, 0.1) is 18.6 Å². The normalized spacial score (nSPS) is 10.6. The maximum atomic E-state index is 12.9. The largest absolute Gasteiger partial charge is 0.421 e. The zero-order valence-corrected chi connectivity index (χ0v) is 7.79. The molecule has 0 atom stereocenters. The van der Waals surface area contributed by atoms with Crippen molar-refractivity contribution >= 4 is 5.69 Å². The predicted octanol–water partition coefficient (Wildman–Crippen LogP) is 1.91. The molecule has 0 aliphatic heterocycles. The second kappa shape index (κ2) is 3.30. The van der Waals surface area contributed by atoms with Crippen LogP contribution in [0.25, 0.3) is 11.5 Å². The molecule has 15 heavy (non-hydrogen) atoms. The lowest BCUT2D eigenvalue weighted by atomic mass is 10.1. The molecule has 1 aromatic heterocycles. The van der Waals surface area contributed by atoms with Gasteiger partial charge in [0, 0.05) is 18.7 Å². The van der Waals surface area contributed by atoms with E-state index in [0.717, 1.165) is 12.1 Å². The minimum atomic E-state index is -1.01. The zero-order valence-electron chi connectivity index (χ0n) is 7.79. The van der Waals surface area contributed by atoms with Crippen LogP contribution in [0.15, 0.2) is 16.5 Å². The summed E-state index contributed by atoms with van der Waals surface area (Å²) in [6.07, 6.45) is 0. The lowest BCUT2D eigenvalue weighted by Crippen LogP contribution is -1.94. The van der Waals surface area contributed by atoms with Crippen molar-refractivity contribution in [1.29, 1.82) is 0 Å². The number of rotatable bonds is 1. The molecular weight excluding hydrogens is 204 g/mol. The van der Waals surface area contributed by atoms with Gasteiger partial charge in [-0.1, -0.05) is 0 Å². The van der Waals surface area contributed by atoms with E-state index in [1.807, 2.05) is 0 Å². The molecule has 1 aromatic carbocycles. The van der Waals surface area contributed by atoms with Crippen LogP contribution in [0.4, 0.5) is 14.5 Å². The first-order valence-electron chi connectivity index (χ1n) is 4.13. The highest BCUT2D eigenvalue weighted by Crippen LogP contribution is 2.26. The molecule has 1 heterocycles. The molecule has 2 aromatic rings. The lowest BCUT2D eigenvalue weighted by molar-refractivity contribution is 0.506. The molecule has 0 fully saturated rings. The van der Waals surface area contributed by atoms with Gasteiger partial charge in [0.05, 0.1) is 5.56 Å². The predicted molar refractivity (Wildman–Crippen MR) is 48.8 cm³/mol. The second-order valence-corrected chi connectivity index (χ2v) is 2.98. The van der Waals surface area contributed by atoms with Crippen LogP contribution in [-0.2, 0) is 0 Å². The van der Waals surface area contributed by atoms with Gasteiger partial charge in [-0.15, -0.1) is 10.2 Å². The highest BCUT2D eigenvalue weighted by atomic mass is 19.2. The van der Waals surface area contributed by atoms with Gasteiger partial charge in [-0.3, -0.25) is 0 Å². The first kappa shape index (κ1) is 9.57. The van der Waals surface area contributed by atoms with Crippen molar-refractivity contribution < 1.29 is 13.2 Å². The molecule has 0 radical (unpaired) electrons. The number of nitrogens with zero attached hydrogens (tertiary/aromatic N) is 2. The maximum absolute atomic E-state index is 12.9. The summed E-state index contributed by atoms with van der Waals surface area (Å²) in [5.41, 5.74) is 5.74. The number of anilines is 1. The Hall–Kier alpha value is -1.98. The SMILES string of the molecule is Cc1nnc(-c2cc(F)c(F)cc2N)o1. The molecule has 0 saturated carbocycles. The van der Waals surface area contributed by atoms with E-state index in [0.29, 0.717) is 5.89 Å². The van der Waals surface area contributed by atoms with Crippen LogP contribution in [0.3, 0.4) is 0 Å². The minimum absolute atomic E-state index is 0.0533. The van der Waals surface area contributed by atoms with Gasteiger partial charge >= 0.3 is 0 Å². The van der Waals surface area contributed by atoms with Crippen LogP contribution in [-0.4, -0.2) is 10.2 Å². The van der Waals surface area contributed by atoms with Crippen LogP contribution in [0.5, 0.6) is 0 Å². The van der Waals surface area contributed by atoms with Gasteiger partial charge in [0.1, 0.15) is 0 Å². The summed E-state index contributed by atoms with van der Waals surface area (Å²) in [4.78, 5) is 0. The standard InChI is InChI=1S/C9H7F2N3O/c1-4-13-14-9(15-4)5-2-6(10)7(11)3-8(5)12/h2-3H,12H2,1H3. The van der Waals surface area contributed by atoms with Crippen LogP contribution in [0.2, 0.25) is 0 Å². The van der Waals surface area contributed by atoms with Crippen molar-refractivity contribution in [2.24, 2.45) is 0 Å². The molecule has 0 amide bonds. The maximum Gasteiger partial charge on any atom is 0.249 e. The minimum Gasteiger partial charge on any atom is -0.421 e. The van der Waals surface area contributed by atoms with Gasteiger partial charge in [-0.05, 0) is 6.07 Å². The average molecular weight is 211 g/mol. The molecule has 0 aliphatic rings. The first-order chi connectivity index (χ1) is 7.08. The Morgan fingerprint density at radius 3 is 2.47 bits per heavy atom. The summed E-state index contributed by atoms with van der Waals surface area (Å²) in [5.74, 6) is -1.61. The Morgan fingerprint density at radius 2 is 1.87 bits per heavy atom. The highest BCUT2D eigenvalue weighted by Gasteiger charge is 2.13. The van der Waals surface area contributed by atoms with Gasteiger partial charge in [0.15, 0.2) is 11.6 Å². The van der Waals surface area contributed by atoms with Gasteiger partial charge in [-0.2, -0.15) is 0 Å². The third-order valence-electron chi connectivity index (χ3n) is 1.85. The number of aromatic nitrogens is 2. The van der Waals surface area contributed by atoms with E-state index in [4.69, 9.17) is 10.2 Å². The van der Waals surface area contributed by atoms with Gasteiger partial charge in [-0.25, -0.2) is 8.78 Å². The Kier molecular flexibility index (Phi) is 2.11. The Morgan fingerprint density at radius 1 is 1.20 bits per heavy atom. The monoisotopic (exact) mass is 211 g/mol. The van der Waals surface area contributed by atoms with E-state index in [9.17, 15) is 8.78 Å². The number of hydrogen-bond donors (Lipinski definition) is 1. The van der Waals surface area contributed by atoms with Crippen molar-refractivity contribution in [1.82, 2.24) is 10.2 Å². The molecule has 6 heteroatoms. The highest BCUT2D eigenvalue weighted by molar-refractivity contribution is 5.70. The third kappa shape index (κ3) is 1.65. The van der Waals surface area contributed by atoms with Crippen LogP contribution < -0.4 is 5.73 Å². The second-order valence-electron chi connectivity index (χ2n) is 2.98. The molecule has 0 unspecified atom stereocenters. The fraction of sp³-hybridized carbons (Fsp3) is 0.111. The summed E-state index contributed by atoms with van der Waals surface area (Å²) >= 11 is 0. The molecule has 0 saturated heterocycles. The molecular formula is C9H7F2N3O. The average Bonchev–Trinajstić information content (AvgIpc) is 2.58.